The van der Waals surface area contributed by atoms with Crippen LogP contribution in [0.15, 0.2) is 21.2 Å². The molecule has 1 aromatic heterocycles. The van der Waals surface area contributed by atoms with Crippen molar-refractivity contribution in [2.45, 2.75) is 13.0 Å². The molecule has 16 heavy (non-hydrogen) atoms. The average molecular weight is 288 g/mol. The highest BCUT2D eigenvalue weighted by atomic mass is 79.9. The maximum absolute atomic E-state index is 12.2. The molecule has 1 aliphatic heterocycles. The van der Waals surface area contributed by atoms with Crippen molar-refractivity contribution in [3.05, 3.63) is 22.6 Å². The van der Waals surface area contributed by atoms with Crippen LogP contribution in [0.4, 0.5) is 0 Å². The van der Waals surface area contributed by atoms with Crippen molar-refractivity contribution >= 4 is 21.7 Å². The van der Waals surface area contributed by atoms with Gasteiger partial charge in [0.1, 0.15) is 0 Å². The number of furan rings is 1. The van der Waals surface area contributed by atoms with Gasteiger partial charge in [0.2, 0.25) is 5.78 Å². The van der Waals surface area contributed by atoms with Gasteiger partial charge in [0.05, 0.1) is 29.9 Å². The third-order valence-corrected chi connectivity index (χ3v) is 3.35. The van der Waals surface area contributed by atoms with E-state index >= 15 is 0 Å². The van der Waals surface area contributed by atoms with E-state index in [-0.39, 0.29) is 17.7 Å². The number of carbonyl (C=O) groups is 1. The summed E-state index contributed by atoms with van der Waals surface area (Å²) in [5.74, 6) is 0.237. The summed E-state index contributed by atoms with van der Waals surface area (Å²) >= 11 is 3.30. The molecule has 0 bridgehead atoms. The molecular weight excluding hydrogens is 274 g/mol. The number of nitrogens with one attached hydrogen (secondary N) is 1. The van der Waals surface area contributed by atoms with Crippen molar-refractivity contribution in [2.75, 3.05) is 19.8 Å². The molecule has 1 aliphatic rings. The standard InChI is InChI=1S/C11H14BrNO3/c1-2-13-9-6-15-5-7(9)10(14)11-8(12)3-4-16-11/h3-4,7,9,13H,2,5-6H2,1H3. The smallest absolute Gasteiger partial charge is 0.206 e. The molecule has 0 saturated carbocycles. The van der Waals surface area contributed by atoms with Crippen molar-refractivity contribution in [1.29, 1.82) is 0 Å². The maximum Gasteiger partial charge on any atom is 0.206 e. The number of carbonyl (C=O) groups excluding carboxylic acids is 1. The second kappa shape index (κ2) is 5.12. The van der Waals surface area contributed by atoms with E-state index in [2.05, 4.69) is 21.2 Å². The summed E-state index contributed by atoms with van der Waals surface area (Å²) in [6.45, 7) is 3.89. The highest BCUT2D eigenvalue weighted by Crippen LogP contribution is 2.25. The number of halogens is 1. The number of likely N-dealkylation sites (N-methyl/N-ethyl adjacent to an activating group) is 1. The zero-order valence-corrected chi connectivity index (χ0v) is 10.6. The van der Waals surface area contributed by atoms with Crippen LogP contribution in [-0.4, -0.2) is 31.6 Å². The van der Waals surface area contributed by atoms with Crippen molar-refractivity contribution in [3.8, 4) is 0 Å². The maximum atomic E-state index is 12.2. The fourth-order valence-corrected chi connectivity index (χ4v) is 2.31. The molecule has 2 atom stereocenters. The molecule has 0 aliphatic carbocycles. The lowest BCUT2D eigenvalue weighted by Gasteiger charge is -2.15. The second-order valence-electron chi connectivity index (χ2n) is 3.77. The number of rotatable bonds is 4. The van der Waals surface area contributed by atoms with Gasteiger partial charge in [-0.2, -0.15) is 0 Å². The fraction of sp³-hybridized carbons (Fsp3) is 0.545. The molecule has 5 heteroatoms. The van der Waals surface area contributed by atoms with E-state index in [1.807, 2.05) is 6.92 Å². The van der Waals surface area contributed by atoms with Crippen LogP contribution >= 0.6 is 15.9 Å². The highest BCUT2D eigenvalue weighted by Gasteiger charge is 2.36. The Morgan fingerprint density at radius 2 is 2.44 bits per heavy atom. The zero-order chi connectivity index (χ0) is 11.5. The molecule has 1 fully saturated rings. The molecule has 1 aromatic rings. The summed E-state index contributed by atoms with van der Waals surface area (Å²) in [7, 11) is 0. The van der Waals surface area contributed by atoms with Gasteiger partial charge in [-0.15, -0.1) is 0 Å². The van der Waals surface area contributed by atoms with Gasteiger partial charge in [0, 0.05) is 6.04 Å². The van der Waals surface area contributed by atoms with E-state index in [0.29, 0.717) is 23.4 Å². The third-order valence-electron chi connectivity index (χ3n) is 2.72. The molecule has 2 unspecified atom stereocenters. The van der Waals surface area contributed by atoms with Gasteiger partial charge in [-0.05, 0) is 28.5 Å². The quantitative estimate of drug-likeness (QED) is 0.859. The minimum atomic E-state index is -0.151. The Morgan fingerprint density at radius 1 is 1.62 bits per heavy atom. The van der Waals surface area contributed by atoms with Gasteiger partial charge in [0.15, 0.2) is 5.76 Å². The van der Waals surface area contributed by atoms with Crippen LogP contribution in [-0.2, 0) is 4.74 Å². The first-order chi connectivity index (χ1) is 7.74. The normalized spacial score (nSPS) is 24.9. The largest absolute Gasteiger partial charge is 0.460 e. The highest BCUT2D eigenvalue weighted by molar-refractivity contribution is 9.10. The van der Waals surface area contributed by atoms with Crippen molar-refractivity contribution < 1.29 is 13.9 Å². The van der Waals surface area contributed by atoms with E-state index in [4.69, 9.17) is 9.15 Å². The van der Waals surface area contributed by atoms with E-state index in [9.17, 15) is 4.79 Å². The third kappa shape index (κ3) is 2.21. The summed E-state index contributed by atoms with van der Waals surface area (Å²) in [6.07, 6.45) is 1.51. The summed E-state index contributed by atoms with van der Waals surface area (Å²) in [5, 5.41) is 3.25. The number of hydrogen-bond acceptors (Lipinski definition) is 4. The molecule has 88 valence electrons. The molecule has 0 radical (unpaired) electrons. The van der Waals surface area contributed by atoms with Crippen molar-refractivity contribution in [1.82, 2.24) is 5.32 Å². The van der Waals surface area contributed by atoms with Crippen LogP contribution < -0.4 is 5.32 Å². The Bertz CT molecular complexity index is 377. The van der Waals surface area contributed by atoms with Crippen LogP contribution in [0, 0.1) is 5.92 Å². The van der Waals surface area contributed by atoms with Gasteiger partial charge in [0.25, 0.3) is 0 Å². The zero-order valence-electron chi connectivity index (χ0n) is 9.03. The predicted molar refractivity (Wildman–Crippen MR) is 62.5 cm³/mol. The summed E-state index contributed by atoms with van der Waals surface area (Å²) in [6, 6.07) is 1.82. The molecule has 4 nitrogen and oxygen atoms in total. The van der Waals surface area contributed by atoms with Gasteiger partial charge in [-0.25, -0.2) is 0 Å². The Hall–Kier alpha value is -0.650. The first-order valence-corrected chi connectivity index (χ1v) is 6.11. The van der Waals surface area contributed by atoms with Crippen LogP contribution in [0.3, 0.4) is 0 Å². The number of Topliss-reactive ketones (excluding diaryl/α,β-unsaturated/α-hetero) is 1. The van der Waals surface area contributed by atoms with E-state index in [0.717, 1.165) is 6.54 Å². The topological polar surface area (TPSA) is 51.5 Å². The Morgan fingerprint density at radius 3 is 3.06 bits per heavy atom. The molecule has 2 rings (SSSR count). The number of ketones is 1. The Balaban J connectivity index is 2.12. The molecule has 1 saturated heterocycles. The lowest BCUT2D eigenvalue weighted by atomic mass is 9.97. The van der Waals surface area contributed by atoms with Gasteiger partial charge < -0.3 is 14.5 Å². The van der Waals surface area contributed by atoms with Crippen molar-refractivity contribution in [2.24, 2.45) is 5.92 Å². The molecule has 1 N–H and O–H groups in total. The predicted octanol–water partition coefficient (Wildman–Crippen LogP) is 1.85. The SMILES string of the molecule is CCNC1COCC1C(=O)c1occc1Br. The van der Waals surface area contributed by atoms with Gasteiger partial charge in [-0.1, -0.05) is 6.92 Å². The van der Waals surface area contributed by atoms with Gasteiger partial charge >= 0.3 is 0 Å². The summed E-state index contributed by atoms with van der Waals surface area (Å²) < 4.78 is 11.2. The number of ether oxygens (including phenoxy) is 1. The molecule has 0 amide bonds. The summed E-state index contributed by atoms with van der Waals surface area (Å²) in [4.78, 5) is 12.2. The Labute approximate surface area is 102 Å². The van der Waals surface area contributed by atoms with E-state index < -0.39 is 0 Å². The van der Waals surface area contributed by atoms with Crippen LogP contribution in [0.2, 0.25) is 0 Å². The minimum absolute atomic E-state index is 0.000301. The lowest BCUT2D eigenvalue weighted by molar-refractivity contribution is 0.0862. The minimum Gasteiger partial charge on any atom is -0.460 e. The van der Waals surface area contributed by atoms with Crippen LogP contribution in [0.25, 0.3) is 0 Å². The van der Waals surface area contributed by atoms with Crippen molar-refractivity contribution in [3.63, 3.8) is 0 Å². The molecular formula is C11H14BrNO3. The second-order valence-corrected chi connectivity index (χ2v) is 4.62. The molecule has 0 spiro atoms. The van der Waals surface area contributed by atoms with Gasteiger partial charge in [-0.3, -0.25) is 4.79 Å². The van der Waals surface area contributed by atoms with E-state index in [1.165, 1.54) is 6.26 Å². The van der Waals surface area contributed by atoms with Crippen LogP contribution in [0.5, 0.6) is 0 Å². The first-order valence-electron chi connectivity index (χ1n) is 5.32. The molecule has 0 aromatic carbocycles. The monoisotopic (exact) mass is 287 g/mol. The Kier molecular flexibility index (Phi) is 3.78. The average Bonchev–Trinajstić information content (AvgIpc) is 2.87. The fourth-order valence-electron chi connectivity index (χ4n) is 1.91. The first kappa shape index (κ1) is 11.8. The molecule has 2 heterocycles. The summed E-state index contributed by atoms with van der Waals surface area (Å²) in [5.41, 5.74) is 0. The lowest BCUT2D eigenvalue weighted by Crippen LogP contribution is -2.39. The van der Waals surface area contributed by atoms with E-state index in [1.54, 1.807) is 6.07 Å². The number of hydrogen-bond donors (Lipinski definition) is 1. The van der Waals surface area contributed by atoms with Crippen LogP contribution in [0.1, 0.15) is 17.5 Å².